The molecule has 0 saturated carbocycles. The van der Waals surface area contributed by atoms with Gasteiger partial charge in [-0.25, -0.2) is 4.98 Å². The lowest BCUT2D eigenvalue weighted by atomic mass is 10.2. The molecule has 8 heteroatoms. The Kier molecular flexibility index (Phi) is 3.35. The molecule has 2 aromatic heterocycles. The minimum absolute atomic E-state index is 0.140. The number of aromatic nitrogens is 4. The number of hydrogen-bond acceptors (Lipinski definition) is 6. The van der Waals surface area contributed by atoms with Crippen molar-refractivity contribution in [3.8, 4) is 0 Å². The molecule has 0 bridgehead atoms. The number of aromatic amines is 2. The number of nitrogens with one attached hydrogen (secondary N) is 3. The molecule has 0 saturated heterocycles. The molecular formula is C9H13N5O3. The van der Waals surface area contributed by atoms with Gasteiger partial charge in [0.05, 0.1) is 6.33 Å². The summed E-state index contributed by atoms with van der Waals surface area (Å²) in [5.41, 5.74) is 0.316. The van der Waals surface area contributed by atoms with Gasteiger partial charge in [-0.3, -0.25) is 9.78 Å². The molecule has 5 N–H and O–H groups in total. The van der Waals surface area contributed by atoms with Crippen LogP contribution in [-0.2, 0) is 0 Å². The topological polar surface area (TPSA) is 127 Å². The average Bonchev–Trinajstić information content (AvgIpc) is 2.79. The molecule has 0 aliphatic rings. The Hall–Kier alpha value is -1.93. The Balaban J connectivity index is 2.16. The zero-order chi connectivity index (χ0) is 12.3. The van der Waals surface area contributed by atoms with E-state index < -0.39 is 0 Å². The first-order valence-corrected chi connectivity index (χ1v) is 5.13. The van der Waals surface area contributed by atoms with E-state index in [-0.39, 0.29) is 30.6 Å². The van der Waals surface area contributed by atoms with Crippen LogP contribution in [0.4, 0.5) is 5.95 Å². The maximum atomic E-state index is 11.5. The molecule has 2 heterocycles. The number of aliphatic hydroxyl groups excluding tert-OH is 2. The summed E-state index contributed by atoms with van der Waals surface area (Å²) < 4.78 is 0. The van der Waals surface area contributed by atoms with Gasteiger partial charge in [-0.2, -0.15) is 4.98 Å². The Morgan fingerprint density at radius 3 is 2.88 bits per heavy atom. The van der Waals surface area contributed by atoms with E-state index in [1.807, 2.05) is 0 Å². The second-order valence-corrected chi connectivity index (χ2v) is 3.63. The molecule has 2 aromatic rings. The van der Waals surface area contributed by atoms with Gasteiger partial charge in [-0.1, -0.05) is 0 Å². The average molecular weight is 239 g/mol. The van der Waals surface area contributed by atoms with E-state index in [9.17, 15) is 4.79 Å². The van der Waals surface area contributed by atoms with E-state index in [1.54, 1.807) is 0 Å². The summed E-state index contributed by atoms with van der Waals surface area (Å²) in [5.74, 6) is -0.0308. The van der Waals surface area contributed by atoms with E-state index >= 15 is 0 Å². The predicted molar refractivity (Wildman–Crippen MR) is 60.7 cm³/mol. The van der Waals surface area contributed by atoms with E-state index in [2.05, 4.69) is 25.3 Å². The van der Waals surface area contributed by atoms with Gasteiger partial charge in [-0.15, -0.1) is 0 Å². The third kappa shape index (κ3) is 2.43. The number of imidazole rings is 1. The highest BCUT2D eigenvalue weighted by Crippen LogP contribution is 2.03. The van der Waals surface area contributed by atoms with Gasteiger partial charge < -0.3 is 20.5 Å². The quantitative estimate of drug-likeness (QED) is 0.439. The number of hydrogen-bond donors (Lipinski definition) is 5. The van der Waals surface area contributed by atoms with Crippen LogP contribution in [-0.4, -0.2) is 49.9 Å². The fourth-order valence-electron chi connectivity index (χ4n) is 1.35. The molecule has 17 heavy (non-hydrogen) atoms. The van der Waals surface area contributed by atoms with Gasteiger partial charge in [0, 0.05) is 25.7 Å². The number of anilines is 1. The van der Waals surface area contributed by atoms with Crippen molar-refractivity contribution in [1.82, 2.24) is 19.9 Å². The van der Waals surface area contributed by atoms with Crippen molar-refractivity contribution in [2.24, 2.45) is 5.92 Å². The molecule has 0 amide bonds. The minimum Gasteiger partial charge on any atom is -0.396 e. The highest BCUT2D eigenvalue weighted by Gasteiger charge is 2.08. The molecule has 0 aliphatic heterocycles. The molecule has 0 atom stereocenters. The van der Waals surface area contributed by atoms with Crippen LogP contribution < -0.4 is 10.9 Å². The van der Waals surface area contributed by atoms with Gasteiger partial charge in [0.2, 0.25) is 5.95 Å². The Bertz CT molecular complexity index is 545. The predicted octanol–water partition coefficient (Wildman–Crippen LogP) is -1.34. The Labute approximate surface area is 95.7 Å². The highest BCUT2D eigenvalue weighted by atomic mass is 16.3. The van der Waals surface area contributed by atoms with Crippen molar-refractivity contribution in [2.45, 2.75) is 0 Å². The van der Waals surface area contributed by atoms with Crippen LogP contribution in [0.5, 0.6) is 0 Å². The standard InChI is InChI=1S/C9H13N5O3/c15-2-5(3-16)1-10-9-13-7-6(8(17)14-9)11-4-12-7/h4-5,15-16H,1-3H2,(H3,10,11,12,13,14,17). The summed E-state index contributed by atoms with van der Waals surface area (Å²) >= 11 is 0. The van der Waals surface area contributed by atoms with Crippen molar-refractivity contribution >= 4 is 17.1 Å². The van der Waals surface area contributed by atoms with Gasteiger partial charge in [-0.05, 0) is 0 Å². The van der Waals surface area contributed by atoms with Crippen LogP contribution >= 0.6 is 0 Å². The minimum atomic E-state index is -0.320. The van der Waals surface area contributed by atoms with Gasteiger partial charge >= 0.3 is 0 Å². The molecule has 0 fully saturated rings. The summed E-state index contributed by atoms with van der Waals surface area (Å²) in [6, 6.07) is 0. The monoisotopic (exact) mass is 239 g/mol. The smallest absolute Gasteiger partial charge is 0.278 e. The zero-order valence-corrected chi connectivity index (χ0v) is 8.97. The first kappa shape index (κ1) is 11.6. The first-order chi connectivity index (χ1) is 8.24. The summed E-state index contributed by atoms with van der Waals surface area (Å²) in [5, 5.41) is 20.6. The lowest BCUT2D eigenvalue weighted by Gasteiger charge is -2.11. The highest BCUT2D eigenvalue weighted by molar-refractivity contribution is 5.69. The lowest BCUT2D eigenvalue weighted by molar-refractivity contribution is 0.157. The van der Waals surface area contributed by atoms with Crippen LogP contribution in [0.15, 0.2) is 11.1 Å². The summed E-state index contributed by atoms with van der Waals surface area (Å²) in [6.45, 7) is 0.0304. The third-order valence-corrected chi connectivity index (χ3v) is 2.37. The van der Waals surface area contributed by atoms with Crippen LogP contribution in [0, 0.1) is 5.92 Å². The van der Waals surface area contributed by atoms with Crippen molar-refractivity contribution in [3.05, 3.63) is 16.7 Å². The molecule has 0 aromatic carbocycles. The SMILES string of the molecule is O=c1[nH]c(NCC(CO)CO)nc2nc[nH]c12. The second-order valence-electron chi connectivity index (χ2n) is 3.63. The van der Waals surface area contributed by atoms with Crippen LogP contribution in [0.1, 0.15) is 0 Å². The fourth-order valence-corrected chi connectivity index (χ4v) is 1.35. The number of aliphatic hydroxyl groups is 2. The van der Waals surface area contributed by atoms with Crippen LogP contribution in [0.25, 0.3) is 11.2 Å². The fraction of sp³-hybridized carbons (Fsp3) is 0.444. The van der Waals surface area contributed by atoms with Crippen LogP contribution in [0.3, 0.4) is 0 Å². The van der Waals surface area contributed by atoms with Gasteiger partial charge in [0.25, 0.3) is 5.56 Å². The van der Waals surface area contributed by atoms with Crippen molar-refractivity contribution in [3.63, 3.8) is 0 Å². The Morgan fingerprint density at radius 1 is 1.41 bits per heavy atom. The number of H-pyrrole nitrogens is 2. The number of fused-ring (bicyclic) bond motifs is 1. The molecule has 0 spiro atoms. The molecule has 2 rings (SSSR count). The Morgan fingerprint density at radius 2 is 2.18 bits per heavy atom. The van der Waals surface area contributed by atoms with E-state index in [4.69, 9.17) is 10.2 Å². The lowest BCUT2D eigenvalue weighted by Crippen LogP contribution is -2.23. The van der Waals surface area contributed by atoms with E-state index in [0.29, 0.717) is 17.7 Å². The van der Waals surface area contributed by atoms with Gasteiger partial charge in [0.1, 0.15) is 0 Å². The van der Waals surface area contributed by atoms with Gasteiger partial charge in [0.15, 0.2) is 11.2 Å². The largest absolute Gasteiger partial charge is 0.396 e. The van der Waals surface area contributed by atoms with E-state index in [1.165, 1.54) is 6.33 Å². The summed E-state index contributed by atoms with van der Waals surface area (Å²) in [7, 11) is 0. The van der Waals surface area contributed by atoms with Crippen LogP contribution in [0.2, 0.25) is 0 Å². The molecule has 0 aliphatic carbocycles. The van der Waals surface area contributed by atoms with Crippen molar-refractivity contribution in [1.29, 1.82) is 0 Å². The normalized spacial score (nSPS) is 11.2. The first-order valence-electron chi connectivity index (χ1n) is 5.13. The third-order valence-electron chi connectivity index (χ3n) is 2.37. The number of rotatable bonds is 5. The van der Waals surface area contributed by atoms with E-state index in [0.717, 1.165) is 0 Å². The molecule has 0 unspecified atom stereocenters. The molecule has 0 radical (unpaired) electrons. The zero-order valence-electron chi connectivity index (χ0n) is 8.97. The van der Waals surface area contributed by atoms with Crippen molar-refractivity contribution in [2.75, 3.05) is 25.1 Å². The molecular weight excluding hydrogens is 226 g/mol. The summed E-state index contributed by atoms with van der Waals surface area (Å²) in [6.07, 6.45) is 1.39. The molecule has 8 nitrogen and oxygen atoms in total. The second kappa shape index (κ2) is 4.93. The maximum absolute atomic E-state index is 11.5. The maximum Gasteiger partial charge on any atom is 0.278 e. The summed E-state index contributed by atoms with van der Waals surface area (Å²) in [4.78, 5) is 24.7. The van der Waals surface area contributed by atoms with Crippen molar-refractivity contribution < 1.29 is 10.2 Å². The number of nitrogens with zero attached hydrogens (tertiary/aromatic N) is 2. The molecule has 92 valence electrons.